The Hall–Kier alpha value is -4.14. The largest absolute Gasteiger partial charge is 0.352 e. The highest BCUT2D eigenvalue weighted by atomic mass is 35.5. The molecule has 0 aliphatic rings. The minimum absolute atomic E-state index is 0.00166. The Morgan fingerprint density at radius 1 is 0.822 bits per heavy atom. The number of carbonyl (C=O) groups excluding carboxylic acids is 2. The fourth-order valence-electron chi connectivity index (χ4n) is 5.05. The van der Waals surface area contributed by atoms with E-state index in [4.69, 9.17) is 11.6 Å². The number of amides is 2. The quantitative estimate of drug-likeness (QED) is 0.175. The van der Waals surface area contributed by atoms with Crippen LogP contribution in [0.2, 0.25) is 5.02 Å². The van der Waals surface area contributed by atoms with Gasteiger partial charge in [0.1, 0.15) is 12.6 Å². The molecule has 4 aromatic carbocycles. The molecule has 0 saturated carbocycles. The number of rotatable bonds is 13. The summed E-state index contributed by atoms with van der Waals surface area (Å²) >= 11 is 6.06. The fourth-order valence-corrected chi connectivity index (χ4v) is 6.58. The predicted octanol–water partition coefficient (Wildman–Crippen LogP) is 6.71. The van der Waals surface area contributed by atoms with Crippen molar-refractivity contribution in [3.05, 3.63) is 130 Å². The highest BCUT2D eigenvalue weighted by molar-refractivity contribution is 7.92. The standard InChI is InChI=1S/C36H40ClN3O4S/c1-5-28(4)38-36(42)34(23-29-13-7-6-8-14-29)39(24-30-15-9-11-26(2)21-30)35(41)25-40(32-16-10-12-27(3)22-32)45(43,44)33-19-17-31(37)18-20-33/h6-22,28,34H,5,23-25H2,1-4H3,(H,38,42). The summed E-state index contributed by atoms with van der Waals surface area (Å²) in [6.45, 7) is 7.33. The molecule has 0 aromatic heterocycles. The number of hydrogen-bond acceptors (Lipinski definition) is 4. The molecular weight excluding hydrogens is 606 g/mol. The van der Waals surface area contributed by atoms with Crippen LogP contribution in [0.5, 0.6) is 0 Å². The van der Waals surface area contributed by atoms with E-state index in [9.17, 15) is 18.0 Å². The maximum Gasteiger partial charge on any atom is 0.264 e. The summed E-state index contributed by atoms with van der Waals surface area (Å²) in [7, 11) is -4.20. The van der Waals surface area contributed by atoms with Crippen LogP contribution in [0.15, 0.2) is 108 Å². The molecule has 0 aliphatic heterocycles. The normalized spacial score (nSPS) is 12.6. The van der Waals surface area contributed by atoms with E-state index in [1.807, 2.05) is 88.4 Å². The third-order valence-corrected chi connectivity index (χ3v) is 9.72. The summed E-state index contributed by atoms with van der Waals surface area (Å²) in [5.74, 6) is -0.798. The van der Waals surface area contributed by atoms with Crippen molar-refractivity contribution in [3.8, 4) is 0 Å². The summed E-state index contributed by atoms with van der Waals surface area (Å²) in [6.07, 6.45) is 0.977. The van der Waals surface area contributed by atoms with Gasteiger partial charge in [0.25, 0.3) is 10.0 Å². The first-order valence-electron chi connectivity index (χ1n) is 15.0. The van der Waals surface area contributed by atoms with E-state index < -0.39 is 28.5 Å². The Morgan fingerprint density at radius 3 is 2.07 bits per heavy atom. The lowest BCUT2D eigenvalue weighted by atomic mass is 10.0. The van der Waals surface area contributed by atoms with Crippen LogP contribution in [0, 0.1) is 13.8 Å². The van der Waals surface area contributed by atoms with E-state index >= 15 is 0 Å². The molecule has 2 unspecified atom stereocenters. The molecule has 0 saturated heterocycles. The van der Waals surface area contributed by atoms with Crippen molar-refractivity contribution < 1.29 is 18.0 Å². The molecule has 2 amide bonds. The number of anilines is 1. The van der Waals surface area contributed by atoms with Gasteiger partial charge in [-0.3, -0.25) is 13.9 Å². The molecule has 1 N–H and O–H groups in total. The van der Waals surface area contributed by atoms with E-state index in [-0.39, 0.29) is 29.8 Å². The summed E-state index contributed by atoms with van der Waals surface area (Å²) < 4.78 is 29.4. The molecule has 236 valence electrons. The Kier molecular flexibility index (Phi) is 11.4. The second-order valence-electron chi connectivity index (χ2n) is 11.3. The molecule has 4 rings (SSSR count). The number of halogens is 1. The predicted molar refractivity (Wildman–Crippen MR) is 181 cm³/mol. The molecule has 0 aliphatic carbocycles. The molecule has 4 aromatic rings. The first kappa shape index (κ1) is 33.7. The molecule has 2 atom stereocenters. The summed E-state index contributed by atoms with van der Waals surface area (Å²) in [5.41, 5.74) is 3.91. The summed E-state index contributed by atoms with van der Waals surface area (Å²) in [4.78, 5) is 30.0. The smallest absolute Gasteiger partial charge is 0.264 e. The van der Waals surface area contributed by atoms with Crippen LogP contribution >= 0.6 is 11.6 Å². The van der Waals surface area contributed by atoms with Gasteiger partial charge in [-0.2, -0.15) is 0 Å². The Morgan fingerprint density at radius 2 is 1.44 bits per heavy atom. The highest BCUT2D eigenvalue weighted by Gasteiger charge is 2.35. The van der Waals surface area contributed by atoms with Gasteiger partial charge in [0.2, 0.25) is 11.8 Å². The Balaban J connectivity index is 1.81. The average Bonchev–Trinajstić information content (AvgIpc) is 3.02. The van der Waals surface area contributed by atoms with Crippen LogP contribution < -0.4 is 9.62 Å². The molecule has 0 fully saturated rings. The number of benzene rings is 4. The average molecular weight is 646 g/mol. The number of nitrogens with one attached hydrogen (secondary N) is 1. The van der Waals surface area contributed by atoms with Crippen molar-refractivity contribution in [2.75, 3.05) is 10.8 Å². The van der Waals surface area contributed by atoms with E-state index in [0.717, 1.165) is 33.0 Å². The van der Waals surface area contributed by atoms with Crippen LogP contribution in [0.4, 0.5) is 5.69 Å². The van der Waals surface area contributed by atoms with Gasteiger partial charge < -0.3 is 10.2 Å². The number of hydrogen-bond donors (Lipinski definition) is 1. The second kappa shape index (κ2) is 15.2. The van der Waals surface area contributed by atoms with Gasteiger partial charge in [0, 0.05) is 24.0 Å². The minimum atomic E-state index is -4.20. The minimum Gasteiger partial charge on any atom is -0.352 e. The van der Waals surface area contributed by atoms with E-state index in [2.05, 4.69) is 5.32 Å². The lowest BCUT2D eigenvalue weighted by Crippen LogP contribution is -2.54. The highest BCUT2D eigenvalue weighted by Crippen LogP contribution is 2.27. The molecule has 0 spiro atoms. The number of sulfonamides is 1. The lowest BCUT2D eigenvalue weighted by molar-refractivity contribution is -0.140. The van der Waals surface area contributed by atoms with Gasteiger partial charge in [-0.1, -0.05) is 90.8 Å². The van der Waals surface area contributed by atoms with Gasteiger partial charge >= 0.3 is 0 Å². The molecule has 0 heterocycles. The zero-order valence-electron chi connectivity index (χ0n) is 26.1. The van der Waals surface area contributed by atoms with Crippen LogP contribution in [-0.4, -0.2) is 43.8 Å². The SMILES string of the molecule is CCC(C)NC(=O)C(Cc1ccccc1)N(Cc1cccc(C)c1)C(=O)CN(c1cccc(C)c1)S(=O)(=O)c1ccc(Cl)cc1. The third-order valence-electron chi connectivity index (χ3n) is 7.68. The van der Waals surface area contributed by atoms with Gasteiger partial charge in [-0.25, -0.2) is 8.42 Å². The van der Waals surface area contributed by atoms with Crippen LogP contribution in [0.25, 0.3) is 0 Å². The van der Waals surface area contributed by atoms with Crippen LogP contribution in [-0.2, 0) is 32.6 Å². The van der Waals surface area contributed by atoms with E-state index in [1.54, 1.807) is 18.2 Å². The van der Waals surface area contributed by atoms with Gasteiger partial charge in [-0.05, 0) is 80.3 Å². The molecule has 0 radical (unpaired) electrons. The van der Waals surface area contributed by atoms with Crippen molar-refractivity contribution in [1.82, 2.24) is 10.2 Å². The van der Waals surface area contributed by atoms with Crippen molar-refractivity contribution in [3.63, 3.8) is 0 Å². The molecule has 45 heavy (non-hydrogen) atoms. The first-order valence-corrected chi connectivity index (χ1v) is 16.8. The molecular formula is C36H40ClN3O4S. The van der Waals surface area contributed by atoms with E-state index in [1.165, 1.54) is 29.2 Å². The van der Waals surface area contributed by atoms with Crippen LogP contribution in [0.3, 0.4) is 0 Å². The lowest BCUT2D eigenvalue weighted by Gasteiger charge is -2.34. The van der Waals surface area contributed by atoms with E-state index in [0.29, 0.717) is 10.7 Å². The topological polar surface area (TPSA) is 86.8 Å². The maximum absolute atomic E-state index is 14.5. The van der Waals surface area contributed by atoms with Crippen LogP contribution in [0.1, 0.15) is 42.5 Å². The zero-order chi connectivity index (χ0) is 32.6. The summed E-state index contributed by atoms with van der Waals surface area (Å²) in [5, 5.41) is 3.45. The summed E-state index contributed by atoms with van der Waals surface area (Å²) in [6, 6.07) is 29.1. The Labute approximate surface area is 271 Å². The van der Waals surface area contributed by atoms with Crippen molar-refractivity contribution >= 4 is 39.1 Å². The number of aryl methyl sites for hydroxylation is 2. The molecule has 9 heteroatoms. The Bertz CT molecular complexity index is 1710. The first-order chi connectivity index (χ1) is 21.5. The van der Waals surface area contributed by atoms with Gasteiger partial charge in [0.05, 0.1) is 10.6 Å². The van der Waals surface area contributed by atoms with Gasteiger partial charge in [-0.15, -0.1) is 0 Å². The molecule has 0 bridgehead atoms. The van der Waals surface area contributed by atoms with Crippen molar-refractivity contribution in [2.24, 2.45) is 0 Å². The van der Waals surface area contributed by atoms with Crippen molar-refractivity contribution in [1.29, 1.82) is 0 Å². The fraction of sp³-hybridized carbons (Fsp3) is 0.278. The second-order valence-corrected chi connectivity index (χ2v) is 13.6. The van der Waals surface area contributed by atoms with Gasteiger partial charge in [0.15, 0.2) is 0 Å². The number of nitrogens with zero attached hydrogens (tertiary/aromatic N) is 2. The monoisotopic (exact) mass is 645 g/mol. The number of carbonyl (C=O) groups is 2. The zero-order valence-corrected chi connectivity index (χ0v) is 27.7. The maximum atomic E-state index is 14.5. The van der Waals surface area contributed by atoms with Crippen molar-refractivity contribution in [2.45, 2.75) is 64.1 Å². The third kappa shape index (κ3) is 8.96. The molecule has 7 nitrogen and oxygen atoms in total.